The van der Waals surface area contributed by atoms with Crippen molar-refractivity contribution in [1.29, 1.82) is 0 Å². The van der Waals surface area contributed by atoms with Gasteiger partial charge in [-0.1, -0.05) is 48.3 Å². The van der Waals surface area contributed by atoms with Crippen LogP contribution < -0.4 is 0 Å². The Morgan fingerprint density at radius 3 is 2.70 bits per heavy atom. The molecule has 144 valence electrons. The highest BCUT2D eigenvalue weighted by Gasteiger charge is 2.40. The smallest absolute Gasteiger partial charge is 0.416 e. The van der Waals surface area contributed by atoms with E-state index in [0.29, 0.717) is 25.7 Å². The average Bonchev–Trinajstić information content (AvgIpc) is 3.00. The number of ether oxygens (including phenoxy) is 1. The number of rotatable bonds is 10. The molecule has 1 aromatic carbocycles. The number of Topliss-reactive ketones (excluding diaryl/α,β-unsaturated/α-hetero) is 1. The zero-order valence-electron chi connectivity index (χ0n) is 15.4. The van der Waals surface area contributed by atoms with Gasteiger partial charge in [0.1, 0.15) is 18.4 Å². The molecule has 1 fully saturated rings. The fourth-order valence-corrected chi connectivity index (χ4v) is 3.11. The summed E-state index contributed by atoms with van der Waals surface area (Å²) in [5.74, 6) is -0.399. The SMILES string of the molecule is CC(=O)CCCCC[C@H](N=[N+]=[N-])C(=O)N1C(=O)OC[C@@H]1Cc1ccccc1. The van der Waals surface area contributed by atoms with E-state index >= 15 is 0 Å². The molecule has 1 aliphatic heterocycles. The number of ketones is 1. The third-order valence-electron chi connectivity index (χ3n) is 4.50. The van der Waals surface area contributed by atoms with Crippen molar-refractivity contribution in [3.63, 3.8) is 0 Å². The van der Waals surface area contributed by atoms with Crippen molar-refractivity contribution >= 4 is 17.8 Å². The molecule has 1 aliphatic rings. The summed E-state index contributed by atoms with van der Waals surface area (Å²) in [6, 6.07) is 8.16. The number of nitrogens with zero attached hydrogens (tertiary/aromatic N) is 4. The van der Waals surface area contributed by atoms with Crippen molar-refractivity contribution in [1.82, 2.24) is 4.90 Å². The Balaban J connectivity index is 1.99. The molecule has 0 aliphatic carbocycles. The van der Waals surface area contributed by atoms with Gasteiger partial charge in [0, 0.05) is 11.3 Å². The van der Waals surface area contributed by atoms with E-state index in [4.69, 9.17) is 10.3 Å². The lowest BCUT2D eigenvalue weighted by molar-refractivity contribution is -0.130. The maximum atomic E-state index is 12.8. The van der Waals surface area contributed by atoms with Crippen molar-refractivity contribution < 1.29 is 19.1 Å². The van der Waals surface area contributed by atoms with Gasteiger partial charge in [0.15, 0.2) is 0 Å². The van der Waals surface area contributed by atoms with E-state index in [9.17, 15) is 14.4 Å². The highest BCUT2D eigenvalue weighted by Crippen LogP contribution is 2.21. The summed E-state index contributed by atoms with van der Waals surface area (Å²) >= 11 is 0. The topological polar surface area (TPSA) is 112 Å². The average molecular weight is 372 g/mol. The molecule has 0 aromatic heterocycles. The molecule has 0 saturated carbocycles. The van der Waals surface area contributed by atoms with Crippen LogP contribution in [-0.4, -0.2) is 41.4 Å². The van der Waals surface area contributed by atoms with E-state index in [1.807, 2.05) is 30.3 Å². The molecular formula is C19H24N4O4. The number of imide groups is 1. The predicted molar refractivity (Wildman–Crippen MR) is 98.8 cm³/mol. The molecule has 1 heterocycles. The first-order valence-corrected chi connectivity index (χ1v) is 9.10. The van der Waals surface area contributed by atoms with Gasteiger partial charge in [0.2, 0.25) is 5.91 Å². The molecule has 2 amide bonds. The number of hydrogen-bond acceptors (Lipinski definition) is 5. The van der Waals surface area contributed by atoms with Gasteiger partial charge in [-0.3, -0.25) is 4.79 Å². The molecule has 27 heavy (non-hydrogen) atoms. The minimum absolute atomic E-state index is 0.126. The highest BCUT2D eigenvalue weighted by molar-refractivity contribution is 5.96. The number of carbonyl (C=O) groups is 3. The molecule has 2 atom stereocenters. The van der Waals surface area contributed by atoms with Gasteiger partial charge in [-0.2, -0.15) is 0 Å². The summed E-state index contributed by atoms with van der Waals surface area (Å²) in [5, 5.41) is 3.59. The van der Waals surface area contributed by atoms with Crippen LogP contribution in [0.25, 0.3) is 10.4 Å². The first kappa shape index (κ1) is 20.5. The molecule has 8 nitrogen and oxygen atoms in total. The normalized spacial score (nSPS) is 17.1. The number of azide groups is 1. The van der Waals surface area contributed by atoms with Crippen molar-refractivity contribution in [2.45, 2.75) is 57.5 Å². The van der Waals surface area contributed by atoms with Crippen molar-refractivity contribution in [2.24, 2.45) is 5.11 Å². The summed E-state index contributed by atoms with van der Waals surface area (Å²) in [5.41, 5.74) is 9.79. The Labute approximate surface area is 158 Å². The van der Waals surface area contributed by atoms with Crippen molar-refractivity contribution in [3.8, 4) is 0 Å². The van der Waals surface area contributed by atoms with E-state index in [0.717, 1.165) is 23.3 Å². The molecule has 2 rings (SSSR count). The second kappa shape index (κ2) is 10.3. The Morgan fingerprint density at radius 1 is 1.30 bits per heavy atom. The molecule has 8 heteroatoms. The van der Waals surface area contributed by atoms with Crippen molar-refractivity contribution in [2.75, 3.05) is 6.61 Å². The molecule has 1 aromatic rings. The van der Waals surface area contributed by atoms with Crippen LogP contribution in [0.5, 0.6) is 0 Å². The first-order chi connectivity index (χ1) is 13.0. The Morgan fingerprint density at radius 2 is 2.04 bits per heavy atom. The molecule has 0 radical (unpaired) electrons. The van der Waals surface area contributed by atoms with Gasteiger partial charge in [0.25, 0.3) is 0 Å². The van der Waals surface area contributed by atoms with E-state index in [1.165, 1.54) is 6.92 Å². The van der Waals surface area contributed by atoms with Crippen LogP contribution in [0.2, 0.25) is 0 Å². The Hall–Kier alpha value is -2.86. The fourth-order valence-electron chi connectivity index (χ4n) is 3.11. The van der Waals surface area contributed by atoms with Gasteiger partial charge in [-0.15, -0.1) is 0 Å². The summed E-state index contributed by atoms with van der Waals surface area (Å²) in [4.78, 5) is 39.7. The lowest BCUT2D eigenvalue weighted by atomic mass is 10.0. The number of hydrogen-bond donors (Lipinski definition) is 0. The van der Waals surface area contributed by atoms with Gasteiger partial charge >= 0.3 is 6.09 Å². The monoisotopic (exact) mass is 372 g/mol. The highest BCUT2D eigenvalue weighted by atomic mass is 16.6. The third-order valence-corrected chi connectivity index (χ3v) is 4.50. The maximum Gasteiger partial charge on any atom is 0.416 e. The molecule has 0 N–H and O–H groups in total. The van der Waals surface area contributed by atoms with Crippen molar-refractivity contribution in [3.05, 3.63) is 46.3 Å². The van der Waals surface area contributed by atoms with Gasteiger partial charge in [-0.05, 0) is 37.3 Å². The van der Waals surface area contributed by atoms with Gasteiger partial charge in [0.05, 0.1) is 6.04 Å². The first-order valence-electron chi connectivity index (χ1n) is 9.10. The summed E-state index contributed by atoms with van der Waals surface area (Å²) in [7, 11) is 0. The van der Waals surface area contributed by atoms with Crippen LogP contribution in [0.4, 0.5) is 4.79 Å². The van der Waals surface area contributed by atoms with Crippen LogP contribution >= 0.6 is 0 Å². The predicted octanol–water partition coefficient (Wildman–Crippen LogP) is 3.79. The van der Waals surface area contributed by atoms with Gasteiger partial charge < -0.3 is 9.53 Å². The zero-order valence-corrected chi connectivity index (χ0v) is 15.4. The quantitative estimate of drug-likeness (QED) is 0.269. The second-order valence-electron chi connectivity index (χ2n) is 6.65. The number of benzene rings is 1. The van der Waals surface area contributed by atoms with Crippen LogP contribution in [0, 0.1) is 0 Å². The molecule has 1 saturated heterocycles. The van der Waals surface area contributed by atoms with Crippen LogP contribution in [-0.2, 0) is 20.7 Å². The lowest BCUT2D eigenvalue weighted by Gasteiger charge is -2.22. The van der Waals surface area contributed by atoms with Crippen LogP contribution in [0.3, 0.4) is 0 Å². The maximum absolute atomic E-state index is 12.8. The number of carbonyl (C=O) groups excluding carboxylic acids is 3. The van der Waals surface area contributed by atoms with E-state index in [2.05, 4.69) is 10.0 Å². The van der Waals surface area contributed by atoms with Crippen LogP contribution in [0.1, 0.15) is 44.6 Å². The molecule has 0 bridgehead atoms. The third kappa shape index (κ3) is 6.11. The largest absolute Gasteiger partial charge is 0.447 e. The van der Waals surface area contributed by atoms with Gasteiger partial charge in [-0.25, -0.2) is 9.69 Å². The standard InChI is InChI=1S/C19H24N4O4/c1-14(24)8-4-2-7-11-17(21-22-20)18(25)23-16(13-27-19(23)26)12-15-9-5-3-6-10-15/h3,5-6,9-10,16-17H,2,4,7-8,11-13H2,1H3/t16-,17-/m0/s1. The molecular weight excluding hydrogens is 348 g/mol. The van der Waals surface area contributed by atoms with E-state index in [1.54, 1.807) is 0 Å². The summed E-state index contributed by atoms with van der Waals surface area (Å²) in [6.45, 7) is 1.67. The Bertz CT molecular complexity index is 716. The second-order valence-corrected chi connectivity index (χ2v) is 6.65. The minimum Gasteiger partial charge on any atom is -0.447 e. The zero-order chi connectivity index (χ0) is 19.6. The number of amides is 2. The summed E-state index contributed by atoms with van der Waals surface area (Å²) in [6.07, 6.45) is 2.74. The minimum atomic E-state index is -0.948. The molecule has 0 unspecified atom stereocenters. The van der Waals surface area contributed by atoms with E-state index in [-0.39, 0.29) is 12.4 Å². The number of cyclic esters (lactones) is 1. The lowest BCUT2D eigenvalue weighted by Crippen LogP contribution is -2.45. The van der Waals surface area contributed by atoms with Crippen LogP contribution in [0.15, 0.2) is 35.4 Å². The number of unbranched alkanes of at least 4 members (excludes halogenated alkanes) is 2. The van der Waals surface area contributed by atoms with E-state index < -0.39 is 24.1 Å². The molecule has 0 spiro atoms. The fraction of sp³-hybridized carbons (Fsp3) is 0.526. The Kier molecular flexibility index (Phi) is 7.82. The summed E-state index contributed by atoms with van der Waals surface area (Å²) < 4.78 is 5.06.